The van der Waals surface area contributed by atoms with Gasteiger partial charge in [0.05, 0.1) is 75.4 Å². The number of carboxylic acid groups (broad SMARTS) is 1. The van der Waals surface area contributed by atoms with Gasteiger partial charge in [-0.2, -0.15) is 5.11 Å². The van der Waals surface area contributed by atoms with Gasteiger partial charge in [0.25, 0.3) is 11.8 Å². The fourth-order valence-electron chi connectivity index (χ4n) is 14.2. The van der Waals surface area contributed by atoms with E-state index >= 15 is 0 Å². The number of carbonyl (C=O) groups is 5. The summed E-state index contributed by atoms with van der Waals surface area (Å²) in [6.07, 6.45) is 15.5. The van der Waals surface area contributed by atoms with Gasteiger partial charge in [0.2, 0.25) is 17.2 Å². The van der Waals surface area contributed by atoms with E-state index < -0.39 is 11.9 Å². The molecule has 500 valence electrons. The molecule has 20 heteroatoms. The van der Waals surface area contributed by atoms with E-state index in [1.807, 2.05) is 36.4 Å². The highest BCUT2D eigenvalue weighted by atomic mass is 16.6. The van der Waals surface area contributed by atoms with Crippen molar-refractivity contribution in [3.8, 4) is 29.1 Å². The standard InChI is InChI=1S/C77H80N8O12/c86-67-45-50(27-30-79-76(90)56-22-25-59(62(48-56)77(91)92)70-63-46-54-12-5-33-83-35-7-14-60(71(54)83)73(63)97-74-61-15-8-36-84-34-6-13-55(72(61)84)47-64(70)74)17-26-65(67)82-81-58-23-20-53(21-24-58)75(89)80-32-38-94-40-42-96-44-43-95-41-39-93-37-29-68(87)78-31-28-69(88)85-49-57-11-2-1-9-51(57)18-19-52-10-3-4-16-66(52)85/h1-4,9-10,16-17,20-26,45-48,57H,5-8,11-15,27-44,49H2,(H4-,78,79,80,81,86,87,89,90,91,92)/p+1. The Kier molecular flexibility index (Phi) is 21.0. The van der Waals surface area contributed by atoms with E-state index in [4.69, 9.17) is 23.7 Å². The lowest BCUT2D eigenvalue weighted by Gasteiger charge is -2.39. The number of phenolic OH excluding ortho intramolecular Hbond substituents is 1. The molecule has 0 aromatic heterocycles. The van der Waals surface area contributed by atoms with Crippen molar-refractivity contribution in [1.29, 1.82) is 0 Å². The molecule has 0 fully saturated rings. The van der Waals surface area contributed by atoms with Crippen LogP contribution in [-0.2, 0) is 60.6 Å². The van der Waals surface area contributed by atoms with E-state index in [-0.39, 0.29) is 85.3 Å². The van der Waals surface area contributed by atoms with Crippen LogP contribution in [0.1, 0.15) is 121 Å². The van der Waals surface area contributed by atoms with Crippen molar-refractivity contribution in [2.45, 2.75) is 77.0 Å². The molecule has 0 bridgehead atoms. The zero-order chi connectivity index (χ0) is 66.6. The molecular weight excluding hydrogens is 1230 g/mol. The number of benzene rings is 6. The van der Waals surface area contributed by atoms with Gasteiger partial charge in [-0.15, -0.1) is 5.11 Å². The fourth-order valence-corrected chi connectivity index (χ4v) is 14.2. The third kappa shape index (κ3) is 15.3. The molecule has 7 aliphatic rings. The van der Waals surface area contributed by atoms with E-state index in [1.54, 1.807) is 59.5 Å². The molecule has 20 nitrogen and oxygen atoms in total. The molecule has 5 N–H and O–H groups in total. The van der Waals surface area contributed by atoms with Crippen LogP contribution in [0.4, 0.5) is 22.7 Å². The maximum absolute atomic E-state index is 13.8. The Morgan fingerprint density at radius 3 is 2.19 bits per heavy atom. The molecule has 4 amide bonds. The molecule has 0 radical (unpaired) electrons. The van der Waals surface area contributed by atoms with E-state index in [9.17, 15) is 34.2 Å². The van der Waals surface area contributed by atoms with Gasteiger partial charge < -0.3 is 59.6 Å². The Morgan fingerprint density at radius 1 is 0.660 bits per heavy atom. The lowest BCUT2D eigenvalue weighted by molar-refractivity contribution is -0.122. The Morgan fingerprint density at radius 2 is 1.38 bits per heavy atom. The first-order chi connectivity index (χ1) is 47.5. The van der Waals surface area contributed by atoms with Gasteiger partial charge in [-0.05, 0) is 141 Å². The van der Waals surface area contributed by atoms with E-state index in [0.29, 0.717) is 76.0 Å². The van der Waals surface area contributed by atoms with E-state index in [2.05, 4.69) is 65.7 Å². The zero-order valence-electron chi connectivity index (χ0n) is 54.6. The maximum Gasteiger partial charge on any atom is 0.336 e. The number of nitrogens with zero attached hydrogens (tertiary/aromatic N) is 5. The molecule has 1 atom stereocenters. The number of azo groups is 1. The van der Waals surface area contributed by atoms with Crippen LogP contribution < -0.4 is 45.6 Å². The van der Waals surface area contributed by atoms with E-state index in [1.165, 1.54) is 39.4 Å². The van der Waals surface area contributed by atoms with Gasteiger partial charge in [0.1, 0.15) is 36.0 Å². The van der Waals surface area contributed by atoms with Gasteiger partial charge in [0.15, 0.2) is 0 Å². The average molecular weight is 1310 g/mol. The SMILES string of the molecule is O=C(CCOCCOCCOCCOCCNC(=O)c1ccc(N=Nc2ccc(CCNC(=O)c3ccc(C4=c5cc6c7c(c5Oc5c4cc4c8c5CCCN8CCC4)CCC[N+]=7CCC6)c(C(=O)O)c3)cc2O)cc1)NCCC(=O)N1CC2CC=CC=C2C#Cc2ccccc21. The summed E-state index contributed by atoms with van der Waals surface area (Å²) in [4.78, 5) is 70.3. The number of rotatable bonds is 27. The molecule has 6 heterocycles. The first kappa shape index (κ1) is 65.9. The van der Waals surface area contributed by atoms with Gasteiger partial charge in [-0.25, -0.2) is 9.37 Å². The Bertz CT molecular complexity index is 4330. The number of phenols is 1. The average Bonchev–Trinajstić information content (AvgIpc) is 0.711. The largest absolute Gasteiger partial charge is 0.506 e. The first-order valence-corrected chi connectivity index (χ1v) is 34.1. The summed E-state index contributed by atoms with van der Waals surface area (Å²) in [7, 11) is 0. The predicted molar refractivity (Wildman–Crippen MR) is 367 cm³/mol. The van der Waals surface area contributed by atoms with Gasteiger partial charge in [0, 0.05) is 126 Å². The number of nitrogens with one attached hydrogen (secondary N) is 3. The highest BCUT2D eigenvalue weighted by Gasteiger charge is 2.37. The maximum atomic E-state index is 13.8. The number of amides is 4. The van der Waals surface area contributed by atoms with Crippen molar-refractivity contribution in [2.24, 2.45) is 16.1 Å². The number of hydrogen-bond acceptors (Lipinski definition) is 14. The van der Waals surface area contributed by atoms with Gasteiger partial charge in [-0.1, -0.05) is 54.3 Å². The van der Waals surface area contributed by atoms with E-state index in [0.717, 1.165) is 134 Å². The molecule has 0 saturated carbocycles. The second-order valence-corrected chi connectivity index (χ2v) is 25.3. The lowest BCUT2D eigenvalue weighted by Crippen LogP contribution is -2.45. The zero-order valence-corrected chi connectivity index (χ0v) is 54.6. The normalized spacial score (nSPS) is 16.2. The summed E-state index contributed by atoms with van der Waals surface area (Å²) in [5.41, 5.74) is 13.4. The van der Waals surface area contributed by atoms with Crippen LogP contribution >= 0.6 is 0 Å². The molecule has 6 aromatic carbocycles. The number of carboxylic acids is 1. The smallest absolute Gasteiger partial charge is 0.336 e. The number of ether oxygens (including phenoxy) is 5. The second kappa shape index (κ2) is 31.0. The second-order valence-electron chi connectivity index (χ2n) is 25.3. The Hall–Kier alpha value is -9.78. The number of allylic oxidation sites excluding steroid dienone is 3. The van der Waals surface area contributed by atoms with Gasteiger partial charge in [-0.3, -0.25) is 19.2 Å². The first-order valence-electron chi connectivity index (χ1n) is 34.1. The van der Waals surface area contributed by atoms with Crippen molar-refractivity contribution in [3.63, 3.8) is 0 Å². The molecule has 1 aliphatic carbocycles. The summed E-state index contributed by atoms with van der Waals surface area (Å²) in [5, 5.41) is 41.2. The number of fused-ring (bicyclic) bond motifs is 6. The van der Waals surface area contributed by atoms with Crippen LogP contribution in [0.2, 0.25) is 0 Å². The summed E-state index contributed by atoms with van der Waals surface area (Å²) < 4.78 is 32.0. The summed E-state index contributed by atoms with van der Waals surface area (Å²) in [6.45, 7) is 7.96. The molecule has 1 unspecified atom stereocenters. The molecule has 0 spiro atoms. The quantitative estimate of drug-likeness (QED) is 0.0141. The molecule has 97 heavy (non-hydrogen) atoms. The number of aromatic hydroxyl groups is 1. The number of hydrogen-bond donors (Lipinski definition) is 5. The topological polar surface area (TPSA) is 242 Å². The van der Waals surface area contributed by atoms with Crippen molar-refractivity contribution in [1.82, 2.24) is 20.5 Å². The minimum Gasteiger partial charge on any atom is -0.506 e. The summed E-state index contributed by atoms with van der Waals surface area (Å²) in [5.74, 6) is 6.18. The lowest BCUT2D eigenvalue weighted by atomic mass is 9.81. The van der Waals surface area contributed by atoms with Crippen LogP contribution in [-0.4, -0.2) is 145 Å². The number of carbonyl (C=O) groups excluding carboxylic acids is 4. The molecule has 13 rings (SSSR count). The highest BCUT2D eigenvalue weighted by molar-refractivity contribution is 6.03. The number of anilines is 2. The van der Waals surface area contributed by atoms with Crippen LogP contribution in [0.5, 0.6) is 17.2 Å². The number of para-hydroxylation sites is 1. The van der Waals surface area contributed by atoms with Crippen molar-refractivity contribution in [2.75, 3.05) is 115 Å². The fraction of sp³-hybridized carbons (Fsp3) is 0.377. The monoisotopic (exact) mass is 1310 g/mol. The highest BCUT2D eigenvalue weighted by Crippen LogP contribution is 2.49. The molecular formula is C77H81N8O12+. The van der Waals surface area contributed by atoms with Crippen molar-refractivity contribution >= 4 is 57.9 Å². The van der Waals surface area contributed by atoms with Crippen molar-refractivity contribution < 1.29 is 57.9 Å². The summed E-state index contributed by atoms with van der Waals surface area (Å²) >= 11 is 0. The third-order valence-corrected chi connectivity index (χ3v) is 18.9. The van der Waals surface area contributed by atoms with Gasteiger partial charge >= 0.3 is 5.97 Å². The van der Waals surface area contributed by atoms with Crippen LogP contribution in [0.3, 0.4) is 0 Å². The van der Waals surface area contributed by atoms with Crippen LogP contribution in [0, 0.1) is 17.8 Å². The van der Waals surface area contributed by atoms with Crippen molar-refractivity contribution in [3.05, 3.63) is 193 Å². The number of aryl methyl sites for hydroxylation is 2. The van der Waals surface area contributed by atoms with Crippen LogP contribution in [0.25, 0.3) is 5.57 Å². The predicted octanol–water partition coefficient (Wildman–Crippen LogP) is 8.51. The molecule has 6 aliphatic heterocycles. The molecule has 0 saturated heterocycles. The third-order valence-electron chi connectivity index (χ3n) is 18.9. The Balaban J connectivity index is 0.503. The number of aromatic carboxylic acids is 1. The minimum atomic E-state index is -1.12. The Labute approximate surface area is 563 Å². The van der Waals surface area contributed by atoms with Crippen LogP contribution in [0.15, 0.2) is 131 Å². The minimum absolute atomic E-state index is 0.0511. The summed E-state index contributed by atoms with van der Waals surface area (Å²) in [6, 6.07) is 28.8. The molecule has 6 aromatic rings.